The number of hydrogen-bond donors (Lipinski definition) is 1. The number of aromatic hydroxyl groups is 1. The summed E-state index contributed by atoms with van der Waals surface area (Å²) in [6.07, 6.45) is 1.41. The average molecular weight is 395 g/mol. The SMILES string of the molecule is O=C1CC2(CCN(C(=O)c3ccc4c(c3)OCCO4)CC2)Oc2cc(O)ccc21. The number of phenols is 1. The molecule has 3 heterocycles. The van der Waals surface area contributed by atoms with E-state index in [-0.39, 0.29) is 23.9 Å². The highest BCUT2D eigenvalue weighted by Gasteiger charge is 2.43. The van der Waals surface area contributed by atoms with Crippen LogP contribution in [0.15, 0.2) is 36.4 Å². The number of rotatable bonds is 1. The van der Waals surface area contributed by atoms with Crippen LogP contribution in [0.4, 0.5) is 0 Å². The number of nitrogens with zero attached hydrogens (tertiary/aromatic N) is 1. The Labute approximate surface area is 167 Å². The highest BCUT2D eigenvalue weighted by Crippen LogP contribution is 2.41. The van der Waals surface area contributed by atoms with E-state index in [1.807, 2.05) is 0 Å². The molecule has 0 atom stereocenters. The molecule has 3 aliphatic heterocycles. The van der Waals surface area contributed by atoms with Crippen LogP contribution in [0.3, 0.4) is 0 Å². The van der Waals surface area contributed by atoms with Gasteiger partial charge in [-0.1, -0.05) is 0 Å². The summed E-state index contributed by atoms with van der Waals surface area (Å²) in [7, 11) is 0. The number of fused-ring (bicyclic) bond motifs is 2. The molecular weight excluding hydrogens is 374 g/mol. The van der Waals surface area contributed by atoms with Crippen molar-refractivity contribution in [1.82, 2.24) is 4.90 Å². The maximum atomic E-state index is 13.0. The second-order valence-corrected chi connectivity index (χ2v) is 7.72. The molecule has 0 bridgehead atoms. The van der Waals surface area contributed by atoms with Crippen molar-refractivity contribution in [3.63, 3.8) is 0 Å². The van der Waals surface area contributed by atoms with E-state index in [0.717, 1.165) is 0 Å². The van der Waals surface area contributed by atoms with E-state index in [0.29, 0.717) is 67.5 Å². The van der Waals surface area contributed by atoms with Gasteiger partial charge in [-0.25, -0.2) is 0 Å². The first-order valence-electron chi connectivity index (χ1n) is 9.77. The van der Waals surface area contributed by atoms with Gasteiger partial charge in [-0.2, -0.15) is 0 Å². The molecule has 0 aliphatic carbocycles. The number of benzene rings is 2. The van der Waals surface area contributed by atoms with Gasteiger partial charge in [0, 0.05) is 37.6 Å². The Kier molecular flexibility index (Phi) is 4.12. The smallest absolute Gasteiger partial charge is 0.253 e. The van der Waals surface area contributed by atoms with Crippen LogP contribution in [-0.2, 0) is 0 Å². The van der Waals surface area contributed by atoms with Gasteiger partial charge in [0.1, 0.15) is 30.3 Å². The molecule has 2 aromatic carbocycles. The third-order valence-corrected chi connectivity index (χ3v) is 5.83. The molecule has 5 rings (SSSR count). The van der Waals surface area contributed by atoms with Gasteiger partial charge in [0.2, 0.25) is 0 Å². The van der Waals surface area contributed by atoms with Crippen LogP contribution in [-0.4, -0.2) is 53.6 Å². The van der Waals surface area contributed by atoms with Crippen LogP contribution < -0.4 is 14.2 Å². The minimum Gasteiger partial charge on any atom is -0.508 e. The fourth-order valence-electron chi connectivity index (χ4n) is 4.24. The number of amides is 1. The van der Waals surface area contributed by atoms with E-state index < -0.39 is 5.60 Å². The van der Waals surface area contributed by atoms with Gasteiger partial charge in [0.25, 0.3) is 5.91 Å². The molecule has 0 aromatic heterocycles. The lowest BCUT2D eigenvalue weighted by Gasteiger charge is -2.44. The van der Waals surface area contributed by atoms with Crippen molar-refractivity contribution in [1.29, 1.82) is 0 Å². The van der Waals surface area contributed by atoms with Crippen LogP contribution in [0.5, 0.6) is 23.0 Å². The predicted octanol–water partition coefficient (Wildman–Crippen LogP) is 2.80. The van der Waals surface area contributed by atoms with Gasteiger partial charge in [0.05, 0.1) is 12.0 Å². The van der Waals surface area contributed by atoms with Crippen LogP contribution >= 0.6 is 0 Å². The van der Waals surface area contributed by atoms with E-state index in [9.17, 15) is 14.7 Å². The Morgan fingerprint density at radius 1 is 0.966 bits per heavy atom. The number of likely N-dealkylation sites (tertiary alicyclic amines) is 1. The van der Waals surface area contributed by atoms with Crippen molar-refractivity contribution in [2.24, 2.45) is 0 Å². The number of phenolic OH excluding ortho intramolecular Hbond substituents is 1. The summed E-state index contributed by atoms with van der Waals surface area (Å²) >= 11 is 0. The molecule has 29 heavy (non-hydrogen) atoms. The van der Waals surface area contributed by atoms with Gasteiger partial charge < -0.3 is 24.2 Å². The van der Waals surface area contributed by atoms with Gasteiger partial charge >= 0.3 is 0 Å². The zero-order valence-electron chi connectivity index (χ0n) is 15.8. The van der Waals surface area contributed by atoms with Crippen molar-refractivity contribution in [3.8, 4) is 23.0 Å². The highest BCUT2D eigenvalue weighted by molar-refractivity contribution is 6.00. The first kappa shape index (κ1) is 17.8. The Morgan fingerprint density at radius 2 is 1.72 bits per heavy atom. The molecular formula is C22H21NO6. The van der Waals surface area contributed by atoms with Gasteiger partial charge in [-0.3, -0.25) is 9.59 Å². The number of ketones is 1. The molecule has 3 aliphatic rings. The van der Waals surface area contributed by atoms with Crippen molar-refractivity contribution in [2.75, 3.05) is 26.3 Å². The number of Topliss-reactive ketones (excluding diaryl/α,β-unsaturated/α-hetero) is 1. The minimum absolute atomic E-state index is 0.0119. The maximum absolute atomic E-state index is 13.0. The molecule has 1 amide bonds. The standard InChI is InChI=1S/C22H21NO6/c24-15-2-3-16-17(25)13-22(29-19(16)12-15)5-7-23(8-6-22)21(26)14-1-4-18-20(11-14)28-10-9-27-18/h1-4,11-12,24H,5-10,13H2. The number of carbonyl (C=O) groups is 2. The van der Waals surface area contributed by atoms with Crippen LogP contribution in [0.25, 0.3) is 0 Å². The maximum Gasteiger partial charge on any atom is 0.253 e. The van der Waals surface area contributed by atoms with Crippen molar-refractivity contribution in [2.45, 2.75) is 24.9 Å². The monoisotopic (exact) mass is 395 g/mol. The lowest BCUT2D eigenvalue weighted by molar-refractivity contribution is -0.00581. The molecule has 0 unspecified atom stereocenters. The average Bonchev–Trinajstić information content (AvgIpc) is 2.73. The molecule has 7 nitrogen and oxygen atoms in total. The second kappa shape index (κ2) is 6.69. The topological polar surface area (TPSA) is 85.3 Å². The molecule has 150 valence electrons. The van der Waals surface area contributed by atoms with Crippen molar-refractivity contribution in [3.05, 3.63) is 47.5 Å². The molecule has 1 saturated heterocycles. The van der Waals surface area contributed by atoms with E-state index in [1.165, 1.54) is 12.1 Å². The van der Waals surface area contributed by atoms with E-state index in [4.69, 9.17) is 14.2 Å². The van der Waals surface area contributed by atoms with Crippen molar-refractivity contribution >= 4 is 11.7 Å². The van der Waals surface area contributed by atoms with Crippen LogP contribution in [0.2, 0.25) is 0 Å². The number of carbonyl (C=O) groups excluding carboxylic acids is 2. The Bertz CT molecular complexity index is 993. The van der Waals surface area contributed by atoms with Crippen LogP contribution in [0, 0.1) is 0 Å². The quantitative estimate of drug-likeness (QED) is 0.799. The van der Waals surface area contributed by atoms with Gasteiger partial charge in [-0.15, -0.1) is 0 Å². The summed E-state index contributed by atoms with van der Waals surface area (Å²) < 4.78 is 17.2. The lowest BCUT2D eigenvalue weighted by atomic mass is 9.82. The Hall–Kier alpha value is -3.22. The normalized spacial score (nSPS) is 19.4. The highest BCUT2D eigenvalue weighted by atomic mass is 16.6. The zero-order valence-corrected chi connectivity index (χ0v) is 15.8. The summed E-state index contributed by atoms with van der Waals surface area (Å²) in [6, 6.07) is 9.81. The summed E-state index contributed by atoms with van der Waals surface area (Å²) in [5, 5.41) is 9.72. The predicted molar refractivity (Wildman–Crippen MR) is 103 cm³/mol. The van der Waals surface area contributed by atoms with Crippen LogP contribution in [0.1, 0.15) is 40.0 Å². The zero-order chi connectivity index (χ0) is 20.0. The summed E-state index contributed by atoms with van der Waals surface area (Å²) in [5.41, 5.74) is 0.436. The fourth-order valence-corrected chi connectivity index (χ4v) is 4.24. The first-order valence-corrected chi connectivity index (χ1v) is 9.77. The minimum atomic E-state index is -0.624. The Balaban J connectivity index is 1.30. The second-order valence-electron chi connectivity index (χ2n) is 7.72. The fraction of sp³-hybridized carbons (Fsp3) is 0.364. The molecule has 0 radical (unpaired) electrons. The van der Waals surface area contributed by atoms with Gasteiger partial charge in [-0.05, 0) is 30.3 Å². The van der Waals surface area contributed by atoms with Gasteiger partial charge in [0.15, 0.2) is 17.3 Å². The molecule has 1 fully saturated rings. The van der Waals surface area contributed by atoms with E-state index in [1.54, 1.807) is 29.2 Å². The molecule has 7 heteroatoms. The number of piperidine rings is 1. The van der Waals surface area contributed by atoms with Crippen molar-refractivity contribution < 1.29 is 28.9 Å². The summed E-state index contributed by atoms with van der Waals surface area (Å²) in [4.78, 5) is 27.3. The van der Waals surface area contributed by atoms with E-state index in [2.05, 4.69) is 0 Å². The largest absolute Gasteiger partial charge is 0.508 e. The van der Waals surface area contributed by atoms with E-state index >= 15 is 0 Å². The molecule has 1 spiro atoms. The summed E-state index contributed by atoms with van der Waals surface area (Å²) in [5.74, 6) is 1.68. The molecule has 0 saturated carbocycles. The number of hydrogen-bond acceptors (Lipinski definition) is 6. The number of ether oxygens (including phenoxy) is 3. The third kappa shape index (κ3) is 3.16. The molecule has 2 aromatic rings. The first-order chi connectivity index (χ1) is 14.0. The lowest BCUT2D eigenvalue weighted by Crippen LogP contribution is -2.52. The summed E-state index contributed by atoms with van der Waals surface area (Å²) in [6.45, 7) is 1.97. The third-order valence-electron chi connectivity index (χ3n) is 5.83. The molecule has 1 N–H and O–H groups in total. The Morgan fingerprint density at radius 3 is 2.52 bits per heavy atom.